The Bertz CT molecular complexity index is 460. The molecule has 1 aromatic rings. The van der Waals surface area contributed by atoms with Crippen LogP contribution in [-0.4, -0.2) is 29.9 Å². The second kappa shape index (κ2) is 5.92. The number of aryl methyl sites for hydroxylation is 2. The van der Waals surface area contributed by atoms with Crippen molar-refractivity contribution < 1.29 is 13.1 Å². The van der Waals surface area contributed by atoms with Gasteiger partial charge in [-0.25, -0.2) is 4.39 Å². The third-order valence-electron chi connectivity index (χ3n) is 3.19. The van der Waals surface area contributed by atoms with Crippen LogP contribution in [0.25, 0.3) is 0 Å². The maximum atomic E-state index is 13.2. The van der Waals surface area contributed by atoms with Crippen molar-refractivity contribution in [2.75, 3.05) is 19.4 Å². The first-order valence-electron chi connectivity index (χ1n) is 6.29. The number of carbonyl (C=O) groups excluding carboxylic acids is 1. The molecule has 0 fully saturated rings. The number of anilines is 1. The molecule has 1 aromatic carbocycles. The van der Waals surface area contributed by atoms with Crippen molar-refractivity contribution >= 4 is 24.4 Å². The number of benzene rings is 1. The predicted octanol–water partition coefficient (Wildman–Crippen LogP) is 2.70. The van der Waals surface area contributed by atoms with Crippen molar-refractivity contribution in [2.24, 2.45) is 0 Å². The average Bonchev–Trinajstić information content (AvgIpc) is 2.22. The van der Waals surface area contributed by atoms with Crippen molar-refractivity contribution in [3.63, 3.8) is 0 Å². The van der Waals surface area contributed by atoms with Gasteiger partial charge in [0.25, 0.3) is 5.91 Å². The van der Waals surface area contributed by atoms with Gasteiger partial charge in [-0.2, -0.15) is 0 Å². The topological polar surface area (TPSA) is 29.1 Å². The van der Waals surface area contributed by atoms with E-state index in [0.717, 1.165) is 11.1 Å². The van der Waals surface area contributed by atoms with Gasteiger partial charge < -0.3 is 22.0 Å². The van der Waals surface area contributed by atoms with E-state index in [4.69, 9.17) is 12.8 Å². The molecule has 0 bridgehead atoms. The van der Waals surface area contributed by atoms with Crippen LogP contribution in [-0.2, 0) is 17.6 Å². The number of carbonyl (C=O) groups is 1. The molecular formula is C14H21FN2OS. The van der Waals surface area contributed by atoms with E-state index in [9.17, 15) is 9.18 Å². The first-order chi connectivity index (χ1) is 8.66. The minimum Gasteiger partial charge on any atom is -0.494 e. The zero-order valence-electron chi connectivity index (χ0n) is 12.1. The Morgan fingerprint density at radius 1 is 1.37 bits per heavy atom. The fourth-order valence-corrected chi connectivity index (χ4v) is 2.47. The third kappa shape index (κ3) is 3.94. The molecule has 1 unspecified atom stereocenters. The largest absolute Gasteiger partial charge is 0.494 e. The smallest absolute Gasteiger partial charge is 0.281 e. The summed E-state index contributed by atoms with van der Waals surface area (Å²) in [5.41, 5.74) is 2.11. The monoisotopic (exact) mass is 284 g/mol. The minimum absolute atomic E-state index is 0.125. The Morgan fingerprint density at radius 2 is 1.84 bits per heavy atom. The predicted molar refractivity (Wildman–Crippen MR) is 78.1 cm³/mol. The summed E-state index contributed by atoms with van der Waals surface area (Å²) < 4.78 is 13.4. The molecule has 1 amide bonds. The van der Waals surface area contributed by atoms with Crippen LogP contribution >= 0.6 is 0 Å². The Labute approximate surface area is 119 Å². The molecule has 0 aliphatic rings. The second-order valence-corrected chi connectivity index (χ2v) is 6.20. The summed E-state index contributed by atoms with van der Waals surface area (Å²) in [4.78, 5) is 12.3. The molecule has 3 nitrogen and oxygen atoms in total. The summed E-state index contributed by atoms with van der Waals surface area (Å²) in [5, 5.41) is 2.88. The molecule has 0 aliphatic carbocycles. The van der Waals surface area contributed by atoms with E-state index in [0.29, 0.717) is 12.1 Å². The van der Waals surface area contributed by atoms with Gasteiger partial charge in [0.1, 0.15) is 5.82 Å². The molecule has 0 aliphatic heterocycles. The third-order valence-corrected chi connectivity index (χ3v) is 3.44. The summed E-state index contributed by atoms with van der Waals surface area (Å²) in [6.07, 6.45) is 0.654. The van der Waals surface area contributed by atoms with Crippen LogP contribution in [0.1, 0.15) is 24.5 Å². The zero-order valence-corrected chi connectivity index (χ0v) is 12.9. The van der Waals surface area contributed by atoms with Gasteiger partial charge in [0.15, 0.2) is 6.04 Å². The van der Waals surface area contributed by atoms with Gasteiger partial charge in [-0.1, -0.05) is 6.92 Å². The fourth-order valence-electron chi connectivity index (χ4n) is 2.22. The minimum atomic E-state index is -0.307. The standard InChI is InChI=1S/C14H21FN2OS/c1-6-12(17(4,5)19)14(18)16-13-9(2)7-11(15)8-10(13)3/h7-8,12H,6H2,1-5H3,(H,16,18). The van der Waals surface area contributed by atoms with E-state index in [1.807, 2.05) is 21.0 Å². The molecule has 1 rings (SSSR count). The van der Waals surface area contributed by atoms with E-state index in [1.54, 1.807) is 13.8 Å². The van der Waals surface area contributed by atoms with Crippen LogP contribution in [0.4, 0.5) is 10.1 Å². The number of amides is 1. The highest BCUT2D eigenvalue weighted by atomic mass is 32.1. The van der Waals surface area contributed by atoms with Crippen LogP contribution < -0.4 is 5.32 Å². The first kappa shape index (κ1) is 16.0. The molecular weight excluding hydrogens is 263 g/mol. The number of likely N-dealkylation sites (N-methyl/N-ethyl adjacent to an activating group) is 1. The number of quaternary nitrogens is 1. The lowest BCUT2D eigenvalue weighted by Gasteiger charge is -2.42. The zero-order chi connectivity index (χ0) is 14.8. The number of hydrogen-bond donors (Lipinski definition) is 1. The lowest BCUT2D eigenvalue weighted by molar-refractivity contribution is -0.768. The van der Waals surface area contributed by atoms with Crippen molar-refractivity contribution in [1.29, 1.82) is 0 Å². The van der Waals surface area contributed by atoms with Gasteiger partial charge in [0.2, 0.25) is 0 Å². The highest BCUT2D eigenvalue weighted by molar-refractivity contribution is 7.52. The highest BCUT2D eigenvalue weighted by Gasteiger charge is 2.26. The number of halogens is 1. The fraction of sp³-hybridized carbons (Fsp3) is 0.500. The molecule has 0 radical (unpaired) electrons. The van der Waals surface area contributed by atoms with Crippen molar-refractivity contribution in [2.45, 2.75) is 33.2 Å². The summed E-state index contributed by atoms with van der Waals surface area (Å²) in [7, 11) is 3.63. The molecule has 0 spiro atoms. The van der Waals surface area contributed by atoms with Crippen LogP contribution in [0, 0.1) is 19.7 Å². The van der Waals surface area contributed by atoms with Crippen LogP contribution in [0.5, 0.6) is 0 Å². The number of nitrogens with one attached hydrogen (secondary N) is 1. The maximum absolute atomic E-state index is 13.2. The van der Waals surface area contributed by atoms with Gasteiger partial charge >= 0.3 is 0 Å². The molecule has 106 valence electrons. The SMILES string of the molecule is CCC(C(=O)Nc1c(C)cc(F)cc1C)[N+](C)(C)[S-]. The van der Waals surface area contributed by atoms with Gasteiger partial charge in [0.05, 0.1) is 14.1 Å². The van der Waals surface area contributed by atoms with Crippen molar-refractivity contribution in [1.82, 2.24) is 0 Å². The van der Waals surface area contributed by atoms with Crippen LogP contribution in [0.3, 0.4) is 0 Å². The Balaban J connectivity index is 3.00. The summed E-state index contributed by atoms with van der Waals surface area (Å²) in [6.45, 7) is 5.49. The first-order valence-corrected chi connectivity index (χ1v) is 6.65. The van der Waals surface area contributed by atoms with E-state index in [-0.39, 0.29) is 21.7 Å². The molecule has 0 saturated carbocycles. The quantitative estimate of drug-likeness (QED) is 0.680. The van der Waals surface area contributed by atoms with Gasteiger partial charge in [-0.05, 0) is 37.1 Å². The lowest BCUT2D eigenvalue weighted by Crippen LogP contribution is -2.50. The molecule has 0 saturated heterocycles. The van der Waals surface area contributed by atoms with Gasteiger partial charge in [-0.15, -0.1) is 0 Å². The van der Waals surface area contributed by atoms with Crippen LogP contribution in [0.2, 0.25) is 0 Å². The Hall–Kier alpha value is -1.07. The lowest BCUT2D eigenvalue weighted by atomic mass is 10.1. The normalized spacial score (nSPS) is 13.2. The van der Waals surface area contributed by atoms with Crippen molar-refractivity contribution in [3.05, 3.63) is 29.1 Å². The Kier molecular flexibility index (Phi) is 4.98. The molecule has 1 N–H and O–H groups in total. The Morgan fingerprint density at radius 3 is 2.21 bits per heavy atom. The van der Waals surface area contributed by atoms with E-state index >= 15 is 0 Å². The van der Waals surface area contributed by atoms with Crippen LogP contribution in [0.15, 0.2) is 12.1 Å². The average molecular weight is 284 g/mol. The van der Waals surface area contributed by atoms with Gasteiger partial charge in [0, 0.05) is 12.1 Å². The number of nitrogens with zero attached hydrogens (tertiary/aromatic N) is 1. The van der Waals surface area contributed by atoms with E-state index in [2.05, 4.69) is 5.32 Å². The summed E-state index contributed by atoms with van der Waals surface area (Å²) in [6, 6.07) is 2.52. The molecule has 1 atom stereocenters. The van der Waals surface area contributed by atoms with Gasteiger partial charge in [-0.3, -0.25) is 4.79 Å². The highest BCUT2D eigenvalue weighted by Crippen LogP contribution is 2.22. The second-order valence-electron chi connectivity index (χ2n) is 5.26. The summed E-state index contributed by atoms with van der Waals surface area (Å²) in [5.74, 6) is -0.417. The summed E-state index contributed by atoms with van der Waals surface area (Å²) >= 11 is 5.30. The number of hydrogen-bond acceptors (Lipinski definition) is 2. The number of rotatable bonds is 4. The van der Waals surface area contributed by atoms with E-state index < -0.39 is 0 Å². The molecule has 0 aromatic heterocycles. The molecule has 0 heterocycles. The molecule has 5 heteroatoms. The maximum Gasteiger partial charge on any atom is 0.281 e. The van der Waals surface area contributed by atoms with Crippen molar-refractivity contribution in [3.8, 4) is 0 Å². The molecule has 19 heavy (non-hydrogen) atoms. The van der Waals surface area contributed by atoms with E-state index in [1.165, 1.54) is 12.1 Å².